The number of aryl methyl sites for hydroxylation is 2. The molecule has 41 heavy (non-hydrogen) atoms. The molecule has 3 aromatic carbocycles. The molecule has 0 bridgehead atoms. The van der Waals surface area contributed by atoms with E-state index < -0.39 is 0 Å². The number of aromatic nitrogens is 1. The molecule has 7 nitrogen and oxygen atoms in total. The lowest BCUT2D eigenvalue weighted by Gasteiger charge is -2.32. The number of phenols is 2. The number of phenolic OH excluding ortho intramolecular Hbond substituents is 2. The van der Waals surface area contributed by atoms with Crippen LogP contribution in [-0.4, -0.2) is 51.8 Å². The van der Waals surface area contributed by atoms with Crippen LogP contribution in [0.25, 0.3) is 10.9 Å². The molecule has 0 unspecified atom stereocenters. The number of nitrogens with one attached hydrogen (secondary N) is 1. The second kappa shape index (κ2) is 13.6. The average molecular weight is 556 g/mol. The van der Waals surface area contributed by atoms with Gasteiger partial charge in [-0.1, -0.05) is 49.4 Å². The number of hydrogen-bond acceptors (Lipinski definition) is 5. The molecule has 1 saturated heterocycles. The summed E-state index contributed by atoms with van der Waals surface area (Å²) < 4.78 is 8.16. The van der Waals surface area contributed by atoms with E-state index in [9.17, 15) is 15.0 Å². The molecule has 2 heterocycles. The monoisotopic (exact) mass is 555 g/mol. The molecule has 0 radical (unpaired) electrons. The van der Waals surface area contributed by atoms with E-state index in [1.54, 1.807) is 6.07 Å². The number of nitrogens with zero attached hydrogens (tertiary/aromatic N) is 2. The standard InChI is InChI=1S/C34H41N3O4/c1-2-27-8-6-11-29-30(34(40)35-23-26-12-13-31(38)32(39)22-26)24-37(33(27)29)18-7-17-36-19-14-25(15-20-36)16-21-41-28-9-4-3-5-10-28/h3-6,8-13,22,24-25,38-39H,2,7,14-21,23H2,1H3,(H,35,40). The summed E-state index contributed by atoms with van der Waals surface area (Å²) in [5.41, 5.74) is 3.76. The number of carbonyl (C=O) groups is 1. The molecular weight excluding hydrogens is 514 g/mol. The summed E-state index contributed by atoms with van der Waals surface area (Å²) in [6, 6.07) is 20.8. The van der Waals surface area contributed by atoms with Gasteiger partial charge < -0.3 is 29.7 Å². The van der Waals surface area contributed by atoms with Gasteiger partial charge in [-0.3, -0.25) is 4.79 Å². The lowest BCUT2D eigenvalue weighted by molar-refractivity contribution is 0.0952. The largest absolute Gasteiger partial charge is 0.504 e. The third kappa shape index (κ3) is 7.22. The highest BCUT2D eigenvalue weighted by Gasteiger charge is 2.20. The third-order valence-electron chi connectivity index (χ3n) is 8.22. The Hall–Kier alpha value is -3.97. The first-order chi connectivity index (χ1) is 20.0. The number of hydrogen-bond donors (Lipinski definition) is 3. The minimum atomic E-state index is -0.192. The van der Waals surface area contributed by atoms with Crippen LogP contribution in [-0.2, 0) is 19.5 Å². The smallest absolute Gasteiger partial charge is 0.253 e. The van der Waals surface area contributed by atoms with Crippen LogP contribution in [0.2, 0.25) is 0 Å². The molecule has 1 aliphatic heterocycles. The molecule has 5 rings (SSSR count). The number of likely N-dealkylation sites (tertiary alicyclic amines) is 1. The first-order valence-corrected chi connectivity index (χ1v) is 14.8. The number of aromatic hydroxyl groups is 2. The van der Waals surface area contributed by atoms with Crippen molar-refractivity contribution in [2.45, 2.75) is 52.1 Å². The molecular formula is C34H41N3O4. The van der Waals surface area contributed by atoms with Crippen molar-refractivity contribution in [3.8, 4) is 17.2 Å². The quantitative estimate of drug-likeness (QED) is 0.184. The van der Waals surface area contributed by atoms with Gasteiger partial charge in [0.25, 0.3) is 5.91 Å². The predicted molar refractivity (Wildman–Crippen MR) is 163 cm³/mol. The Morgan fingerprint density at radius 1 is 0.976 bits per heavy atom. The van der Waals surface area contributed by atoms with Crippen LogP contribution in [0.3, 0.4) is 0 Å². The number of rotatable bonds is 12. The second-order valence-electron chi connectivity index (χ2n) is 11.0. The Morgan fingerprint density at radius 3 is 2.54 bits per heavy atom. The molecule has 0 spiro atoms. The zero-order chi connectivity index (χ0) is 28.6. The number of carbonyl (C=O) groups excluding carboxylic acids is 1. The van der Waals surface area contributed by atoms with Gasteiger partial charge in [-0.2, -0.15) is 0 Å². The summed E-state index contributed by atoms with van der Waals surface area (Å²) in [6.45, 7) is 7.36. The van der Waals surface area contributed by atoms with Gasteiger partial charge in [0.1, 0.15) is 5.75 Å². The Bertz CT molecular complexity index is 1440. The van der Waals surface area contributed by atoms with Crippen molar-refractivity contribution in [2.75, 3.05) is 26.2 Å². The van der Waals surface area contributed by atoms with E-state index in [2.05, 4.69) is 27.8 Å². The van der Waals surface area contributed by atoms with Gasteiger partial charge in [-0.25, -0.2) is 0 Å². The van der Waals surface area contributed by atoms with Crippen LogP contribution in [0.15, 0.2) is 72.9 Å². The molecule has 0 saturated carbocycles. The topological polar surface area (TPSA) is 87.0 Å². The Balaban J connectivity index is 1.14. The molecule has 1 fully saturated rings. The lowest BCUT2D eigenvalue weighted by Crippen LogP contribution is -2.35. The second-order valence-corrected chi connectivity index (χ2v) is 11.0. The predicted octanol–water partition coefficient (Wildman–Crippen LogP) is 6.12. The first kappa shape index (κ1) is 28.6. The average Bonchev–Trinajstić information content (AvgIpc) is 3.38. The van der Waals surface area contributed by atoms with Crippen molar-refractivity contribution in [2.24, 2.45) is 5.92 Å². The van der Waals surface area contributed by atoms with Crippen LogP contribution < -0.4 is 10.1 Å². The van der Waals surface area contributed by atoms with Crippen molar-refractivity contribution in [3.63, 3.8) is 0 Å². The zero-order valence-electron chi connectivity index (χ0n) is 23.9. The molecule has 1 amide bonds. The fraction of sp³-hybridized carbons (Fsp3) is 0.382. The number of para-hydroxylation sites is 2. The Morgan fingerprint density at radius 2 is 1.78 bits per heavy atom. The van der Waals surface area contributed by atoms with Crippen molar-refractivity contribution < 1.29 is 19.7 Å². The maximum Gasteiger partial charge on any atom is 0.253 e. The van der Waals surface area contributed by atoms with E-state index in [0.29, 0.717) is 5.56 Å². The van der Waals surface area contributed by atoms with Crippen molar-refractivity contribution in [3.05, 3.63) is 89.6 Å². The maximum atomic E-state index is 13.3. The minimum Gasteiger partial charge on any atom is -0.504 e. The summed E-state index contributed by atoms with van der Waals surface area (Å²) in [5, 5.41) is 23.3. The normalized spacial score (nSPS) is 14.4. The maximum absolute atomic E-state index is 13.3. The lowest BCUT2D eigenvalue weighted by atomic mass is 9.94. The van der Waals surface area contributed by atoms with Crippen LogP contribution in [0.4, 0.5) is 0 Å². The highest BCUT2D eigenvalue weighted by molar-refractivity contribution is 6.07. The molecule has 0 aliphatic carbocycles. The van der Waals surface area contributed by atoms with Crippen molar-refractivity contribution in [1.82, 2.24) is 14.8 Å². The minimum absolute atomic E-state index is 0.145. The molecule has 1 aromatic heterocycles. The van der Waals surface area contributed by atoms with Gasteiger partial charge in [0, 0.05) is 24.7 Å². The molecule has 3 N–H and O–H groups in total. The third-order valence-corrected chi connectivity index (χ3v) is 8.22. The highest BCUT2D eigenvalue weighted by atomic mass is 16.5. The fourth-order valence-electron chi connectivity index (χ4n) is 5.86. The van der Waals surface area contributed by atoms with Crippen molar-refractivity contribution in [1.29, 1.82) is 0 Å². The summed E-state index contributed by atoms with van der Waals surface area (Å²) in [7, 11) is 0. The van der Waals surface area contributed by atoms with E-state index in [0.717, 1.165) is 80.2 Å². The Labute approximate surface area is 242 Å². The van der Waals surface area contributed by atoms with E-state index >= 15 is 0 Å². The number of fused-ring (bicyclic) bond motifs is 1. The number of piperidine rings is 1. The van der Waals surface area contributed by atoms with Crippen LogP contribution in [0.1, 0.15) is 54.1 Å². The number of benzene rings is 3. The van der Waals surface area contributed by atoms with Gasteiger partial charge in [-0.05, 0) is 93.0 Å². The zero-order valence-corrected chi connectivity index (χ0v) is 23.9. The summed E-state index contributed by atoms with van der Waals surface area (Å²) in [4.78, 5) is 15.8. The fourth-order valence-corrected chi connectivity index (χ4v) is 5.86. The van der Waals surface area contributed by atoms with Gasteiger partial charge in [0.2, 0.25) is 0 Å². The van der Waals surface area contributed by atoms with E-state index in [4.69, 9.17) is 4.74 Å². The van der Waals surface area contributed by atoms with Crippen LogP contribution in [0, 0.1) is 5.92 Å². The number of ether oxygens (including phenoxy) is 1. The van der Waals surface area contributed by atoms with Crippen LogP contribution in [0.5, 0.6) is 17.2 Å². The van der Waals surface area contributed by atoms with Gasteiger partial charge in [0.05, 0.1) is 17.7 Å². The van der Waals surface area contributed by atoms with E-state index in [-0.39, 0.29) is 24.0 Å². The molecule has 216 valence electrons. The summed E-state index contributed by atoms with van der Waals surface area (Å²) in [6.07, 6.45) is 7.46. The molecule has 1 aliphatic rings. The van der Waals surface area contributed by atoms with E-state index in [1.807, 2.05) is 48.7 Å². The molecule has 4 aromatic rings. The summed E-state index contributed by atoms with van der Waals surface area (Å²) >= 11 is 0. The van der Waals surface area contributed by atoms with Crippen molar-refractivity contribution >= 4 is 16.8 Å². The number of amides is 1. The van der Waals surface area contributed by atoms with Gasteiger partial charge >= 0.3 is 0 Å². The molecule has 0 atom stereocenters. The molecule has 7 heteroatoms. The Kier molecular flexibility index (Phi) is 9.47. The van der Waals surface area contributed by atoms with Gasteiger partial charge in [0.15, 0.2) is 11.5 Å². The SMILES string of the molecule is CCc1cccc2c(C(=O)NCc3ccc(O)c(O)c3)cn(CCCN3CCC(CCOc4ccccc4)CC3)c12. The highest BCUT2D eigenvalue weighted by Crippen LogP contribution is 2.28. The summed E-state index contributed by atoms with van der Waals surface area (Å²) in [5.74, 6) is 1.16. The van der Waals surface area contributed by atoms with Gasteiger partial charge in [-0.15, -0.1) is 0 Å². The van der Waals surface area contributed by atoms with E-state index in [1.165, 1.54) is 30.5 Å². The first-order valence-electron chi connectivity index (χ1n) is 14.8. The van der Waals surface area contributed by atoms with Crippen LogP contribution >= 0.6 is 0 Å².